The molecule has 0 bridgehead atoms. The molecule has 1 aliphatic rings. The Balaban J connectivity index is 1.37. The zero-order chi connectivity index (χ0) is 22.4. The lowest BCUT2D eigenvalue weighted by Gasteiger charge is -2.26. The van der Waals surface area contributed by atoms with Crippen LogP contribution in [-0.2, 0) is 27.8 Å². The molecule has 1 fully saturated rings. The number of morpholine rings is 1. The molecule has 168 valence electrons. The molecular formula is C23H25N3O4S2. The molecule has 0 saturated carbocycles. The molecule has 0 radical (unpaired) electrons. The molecule has 3 aromatic rings. The lowest BCUT2D eigenvalue weighted by molar-refractivity contribution is 0.0342. The maximum absolute atomic E-state index is 12.7. The van der Waals surface area contributed by atoms with Gasteiger partial charge in [0.1, 0.15) is 0 Å². The lowest BCUT2D eigenvalue weighted by Crippen LogP contribution is -2.35. The van der Waals surface area contributed by atoms with Crippen molar-refractivity contribution in [3.05, 3.63) is 82.0 Å². The zero-order valence-corrected chi connectivity index (χ0v) is 19.1. The Morgan fingerprint density at radius 3 is 2.53 bits per heavy atom. The average Bonchev–Trinajstić information content (AvgIpc) is 3.33. The molecule has 7 nitrogen and oxygen atoms in total. The monoisotopic (exact) mass is 471 g/mol. The summed E-state index contributed by atoms with van der Waals surface area (Å²) in [6, 6.07) is 17.4. The number of amides is 1. The van der Waals surface area contributed by atoms with Crippen LogP contribution in [0.4, 0.5) is 5.69 Å². The standard InChI is InChI=1S/C23H25N3O4S2/c27-23(25-20-4-1-3-18(15-20)17-26-10-12-30-13-11-26)19-6-8-22(9-7-19)32(28,29)24-16-21-5-2-14-31-21/h1-9,14-15,24H,10-13,16-17H2,(H,25,27). The van der Waals surface area contributed by atoms with Crippen molar-refractivity contribution < 1.29 is 17.9 Å². The molecule has 1 aliphatic heterocycles. The highest BCUT2D eigenvalue weighted by atomic mass is 32.2. The molecule has 2 N–H and O–H groups in total. The van der Waals surface area contributed by atoms with Crippen molar-refractivity contribution in [3.63, 3.8) is 0 Å². The zero-order valence-electron chi connectivity index (χ0n) is 17.5. The molecule has 1 saturated heterocycles. The molecule has 32 heavy (non-hydrogen) atoms. The van der Waals surface area contributed by atoms with Crippen LogP contribution in [0.1, 0.15) is 20.8 Å². The Morgan fingerprint density at radius 1 is 1.03 bits per heavy atom. The number of carbonyl (C=O) groups excluding carboxylic acids is 1. The van der Waals surface area contributed by atoms with Gasteiger partial charge < -0.3 is 10.1 Å². The fraction of sp³-hybridized carbons (Fsp3) is 0.261. The molecule has 9 heteroatoms. The highest BCUT2D eigenvalue weighted by Gasteiger charge is 2.16. The highest BCUT2D eigenvalue weighted by molar-refractivity contribution is 7.89. The smallest absolute Gasteiger partial charge is 0.255 e. The van der Waals surface area contributed by atoms with Gasteiger partial charge in [-0.2, -0.15) is 0 Å². The van der Waals surface area contributed by atoms with E-state index in [1.165, 1.54) is 35.6 Å². The summed E-state index contributed by atoms with van der Waals surface area (Å²) in [7, 11) is -3.65. The predicted molar refractivity (Wildman–Crippen MR) is 125 cm³/mol. The van der Waals surface area contributed by atoms with Crippen LogP contribution < -0.4 is 10.0 Å². The van der Waals surface area contributed by atoms with Gasteiger partial charge in [-0.05, 0) is 53.4 Å². The first kappa shape index (κ1) is 22.6. The molecule has 4 rings (SSSR count). The van der Waals surface area contributed by atoms with Crippen LogP contribution >= 0.6 is 11.3 Å². The van der Waals surface area contributed by atoms with Crippen molar-refractivity contribution in [3.8, 4) is 0 Å². The Labute approximate surface area is 192 Å². The van der Waals surface area contributed by atoms with Gasteiger partial charge in [0.05, 0.1) is 18.1 Å². The van der Waals surface area contributed by atoms with E-state index in [4.69, 9.17) is 4.74 Å². The van der Waals surface area contributed by atoms with E-state index in [0.29, 0.717) is 11.3 Å². The number of nitrogens with zero attached hydrogens (tertiary/aromatic N) is 1. The van der Waals surface area contributed by atoms with Crippen molar-refractivity contribution >= 4 is 33.0 Å². The topological polar surface area (TPSA) is 87.7 Å². The maximum Gasteiger partial charge on any atom is 0.255 e. The quantitative estimate of drug-likeness (QED) is 0.526. The first-order valence-electron chi connectivity index (χ1n) is 10.3. The van der Waals surface area contributed by atoms with Crippen LogP contribution in [0.3, 0.4) is 0 Å². The van der Waals surface area contributed by atoms with Gasteiger partial charge in [-0.1, -0.05) is 18.2 Å². The van der Waals surface area contributed by atoms with Crippen LogP contribution in [0.5, 0.6) is 0 Å². The molecule has 1 aromatic heterocycles. The van der Waals surface area contributed by atoms with Crippen molar-refractivity contribution in [2.45, 2.75) is 18.0 Å². The molecular weight excluding hydrogens is 446 g/mol. The minimum Gasteiger partial charge on any atom is -0.379 e. The second-order valence-corrected chi connectivity index (χ2v) is 10.3. The maximum atomic E-state index is 12.7. The van der Waals surface area contributed by atoms with Gasteiger partial charge in [-0.15, -0.1) is 11.3 Å². The van der Waals surface area contributed by atoms with Crippen molar-refractivity contribution in [1.82, 2.24) is 9.62 Å². The number of rotatable bonds is 8. The van der Waals surface area contributed by atoms with E-state index in [-0.39, 0.29) is 17.3 Å². The van der Waals surface area contributed by atoms with Gasteiger partial charge >= 0.3 is 0 Å². The summed E-state index contributed by atoms with van der Waals surface area (Å²) in [5.74, 6) is -0.288. The van der Waals surface area contributed by atoms with Crippen LogP contribution in [0.25, 0.3) is 0 Å². The average molecular weight is 472 g/mol. The van der Waals surface area contributed by atoms with E-state index in [1.54, 1.807) is 0 Å². The van der Waals surface area contributed by atoms with Crippen molar-refractivity contribution in [1.29, 1.82) is 0 Å². The van der Waals surface area contributed by atoms with E-state index < -0.39 is 10.0 Å². The molecule has 0 spiro atoms. The molecule has 1 amide bonds. The lowest BCUT2D eigenvalue weighted by atomic mass is 10.1. The molecule has 2 aromatic carbocycles. The van der Waals surface area contributed by atoms with Gasteiger partial charge in [0.15, 0.2) is 0 Å². The normalized spacial score (nSPS) is 14.9. The summed E-state index contributed by atoms with van der Waals surface area (Å²) in [5.41, 5.74) is 2.21. The summed E-state index contributed by atoms with van der Waals surface area (Å²) < 4.78 is 32.9. The third-order valence-electron chi connectivity index (χ3n) is 5.14. The largest absolute Gasteiger partial charge is 0.379 e. The Morgan fingerprint density at radius 2 is 1.81 bits per heavy atom. The number of hydrogen-bond acceptors (Lipinski definition) is 6. The van der Waals surface area contributed by atoms with E-state index in [0.717, 1.165) is 43.3 Å². The Hall–Kier alpha value is -2.56. The Bertz CT molecular complexity index is 1140. The highest BCUT2D eigenvalue weighted by Crippen LogP contribution is 2.17. The number of thiophene rings is 1. The van der Waals surface area contributed by atoms with Crippen LogP contribution in [-0.4, -0.2) is 45.5 Å². The number of carbonyl (C=O) groups is 1. The van der Waals surface area contributed by atoms with E-state index in [9.17, 15) is 13.2 Å². The van der Waals surface area contributed by atoms with Gasteiger partial charge in [0, 0.05) is 42.3 Å². The summed E-state index contributed by atoms with van der Waals surface area (Å²) in [6.45, 7) is 4.32. The van der Waals surface area contributed by atoms with Crippen molar-refractivity contribution in [2.75, 3.05) is 31.6 Å². The number of benzene rings is 2. The minimum absolute atomic E-state index is 0.123. The third-order valence-corrected chi connectivity index (χ3v) is 7.43. The molecule has 0 unspecified atom stereocenters. The van der Waals surface area contributed by atoms with Crippen LogP contribution in [0.15, 0.2) is 70.9 Å². The summed E-state index contributed by atoms with van der Waals surface area (Å²) in [5, 5.41) is 4.79. The number of nitrogens with one attached hydrogen (secondary N) is 2. The summed E-state index contributed by atoms with van der Waals surface area (Å²) in [6.07, 6.45) is 0. The van der Waals surface area contributed by atoms with Crippen molar-refractivity contribution in [2.24, 2.45) is 0 Å². The molecule has 2 heterocycles. The second-order valence-electron chi connectivity index (χ2n) is 7.47. The van der Waals surface area contributed by atoms with E-state index in [1.807, 2.05) is 41.8 Å². The van der Waals surface area contributed by atoms with Gasteiger partial charge in [0.2, 0.25) is 10.0 Å². The third kappa shape index (κ3) is 6.02. The first-order chi connectivity index (χ1) is 15.5. The second kappa shape index (κ2) is 10.4. The van der Waals surface area contributed by atoms with E-state index in [2.05, 4.69) is 14.9 Å². The number of sulfonamides is 1. The predicted octanol–water partition coefficient (Wildman–Crippen LogP) is 3.31. The fourth-order valence-electron chi connectivity index (χ4n) is 3.42. The number of hydrogen-bond donors (Lipinski definition) is 2. The number of anilines is 1. The van der Waals surface area contributed by atoms with Crippen LogP contribution in [0.2, 0.25) is 0 Å². The van der Waals surface area contributed by atoms with Gasteiger partial charge in [-0.25, -0.2) is 13.1 Å². The summed E-state index contributed by atoms with van der Waals surface area (Å²) in [4.78, 5) is 16.0. The molecule has 0 aliphatic carbocycles. The first-order valence-corrected chi connectivity index (χ1v) is 12.7. The minimum atomic E-state index is -3.65. The fourth-order valence-corrected chi connectivity index (χ4v) is 5.16. The molecule has 0 atom stereocenters. The van der Waals surface area contributed by atoms with Gasteiger partial charge in [0.25, 0.3) is 5.91 Å². The summed E-state index contributed by atoms with van der Waals surface area (Å²) >= 11 is 1.49. The van der Waals surface area contributed by atoms with Gasteiger partial charge in [-0.3, -0.25) is 9.69 Å². The Kier molecular flexibility index (Phi) is 7.33. The van der Waals surface area contributed by atoms with Crippen LogP contribution in [0, 0.1) is 0 Å². The number of ether oxygens (including phenoxy) is 1. The van der Waals surface area contributed by atoms with E-state index >= 15 is 0 Å². The SMILES string of the molecule is O=C(Nc1cccc(CN2CCOCC2)c1)c1ccc(S(=O)(=O)NCc2cccs2)cc1.